The number of hydrogen-bond acceptors (Lipinski definition) is 3. The molecule has 0 saturated heterocycles. The number of hydrogen-bond donors (Lipinski definition) is 2. The predicted molar refractivity (Wildman–Crippen MR) is 85.5 cm³/mol. The zero-order chi connectivity index (χ0) is 15.2. The Balaban J connectivity index is 1.86. The average Bonchev–Trinajstić information content (AvgIpc) is 2.52. The van der Waals surface area contributed by atoms with Crippen molar-refractivity contribution in [3.05, 3.63) is 29.8 Å². The number of fused-ring (bicyclic) bond motifs is 1. The molecule has 0 spiro atoms. The lowest BCUT2D eigenvalue weighted by atomic mass is 10.0. The Morgan fingerprint density at radius 1 is 1.38 bits per heavy atom. The van der Waals surface area contributed by atoms with E-state index in [1.807, 2.05) is 19.1 Å². The largest absolute Gasteiger partial charge is 0.382 e. The van der Waals surface area contributed by atoms with Crippen LogP contribution in [0, 0.1) is 0 Å². The lowest BCUT2D eigenvalue weighted by Gasteiger charge is -2.29. The Bertz CT molecular complexity index is 472. The van der Waals surface area contributed by atoms with E-state index in [0.29, 0.717) is 0 Å². The molecule has 116 valence electrons. The van der Waals surface area contributed by atoms with Crippen molar-refractivity contribution in [1.29, 1.82) is 0 Å². The second kappa shape index (κ2) is 7.46. The van der Waals surface area contributed by atoms with Crippen LogP contribution in [-0.2, 0) is 16.0 Å². The van der Waals surface area contributed by atoms with Gasteiger partial charge in [-0.15, -0.1) is 0 Å². The van der Waals surface area contributed by atoms with Crippen LogP contribution in [0.5, 0.6) is 0 Å². The summed E-state index contributed by atoms with van der Waals surface area (Å²) in [6, 6.07) is 8.49. The van der Waals surface area contributed by atoms with Crippen molar-refractivity contribution >= 4 is 11.6 Å². The van der Waals surface area contributed by atoms with Crippen LogP contribution in [-0.4, -0.2) is 30.7 Å². The molecule has 4 heteroatoms. The third kappa shape index (κ3) is 4.21. The quantitative estimate of drug-likeness (QED) is 0.847. The van der Waals surface area contributed by atoms with Crippen molar-refractivity contribution in [1.82, 2.24) is 5.32 Å². The van der Waals surface area contributed by atoms with Gasteiger partial charge in [0.25, 0.3) is 0 Å². The highest BCUT2D eigenvalue weighted by molar-refractivity contribution is 5.80. The zero-order valence-corrected chi connectivity index (χ0v) is 13.2. The first-order chi connectivity index (χ1) is 10.1. The molecule has 4 nitrogen and oxygen atoms in total. The van der Waals surface area contributed by atoms with E-state index in [2.05, 4.69) is 36.6 Å². The molecular weight excluding hydrogens is 264 g/mol. The van der Waals surface area contributed by atoms with Crippen LogP contribution in [0.3, 0.4) is 0 Å². The number of carbonyl (C=O) groups is 1. The summed E-state index contributed by atoms with van der Waals surface area (Å²) in [7, 11) is 0. The molecule has 0 radical (unpaired) electrons. The fourth-order valence-corrected chi connectivity index (χ4v) is 2.67. The molecule has 0 aromatic heterocycles. The van der Waals surface area contributed by atoms with Gasteiger partial charge in [-0.05, 0) is 31.4 Å². The van der Waals surface area contributed by atoms with Gasteiger partial charge in [0.2, 0.25) is 5.91 Å². The smallest absolute Gasteiger partial charge is 0.249 e. The fourth-order valence-electron chi connectivity index (χ4n) is 2.67. The first-order valence-electron chi connectivity index (χ1n) is 7.91. The molecule has 1 aromatic rings. The van der Waals surface area contributed by atoms with E-state index < -0.39 is 6.10 Å². The predicted octanol–water partition coefficient (Wildman–Crippen LogP) is 2.73. The number of para-hydroxylation sites is 1. The second-order valence-corrected chi connectivity index (χ2v) is 5.66. The molecule has 2 atom stereocenters. The summed E-state index contributed by atoms with van der Waals surface area (Å²) < 4.78 is 5.93. The van der Waals surface area contributed by atoms with E-state index in [-0.39, 0.29) is 18.1 Å². The molecule has 0 aliphatic carbocycles. The zero-order valence-electron chi connectivity index (χ0n) is 13.2. The van der Waals surface area contributed by atoms with Gasteiger partial charge in [-0.2, -0.15) is 0 Å². The number of rotatable bonds is 6. The van der Waals surface area contributed by atoms with Crippen LogP contribution in [0.1, 0.15) is 39.2 Å². The summed E-state index contributed by atoms with van der Waals surface area (Å²) in [6.07, 6.45) is 2.39. The summed E-state index contributed by atoms with van der Waals surface area (Å²) in [5.41, 5.74) is 2.42. The third-order valence-corrected chi connectivity index (χ3v) is 4.08. The van der Waals surface area contributed by atoms with Crippen molar-refractivity contribution in [2.75, 3.05) is 11.9 Å². The van der Waals surface area contributed by atoms with Crippen molar-refractivity contribution in [2.45, 2.75) is 58.3 Å². The van der Waals surface area contributed by atoms with Gasteiger partial charge in [0.1, 0.15) is 6.10 Å². The third-order valence-electron chi connectivity index (χ3n) is 4.08. The van der Waals surface area contributed by atoms with Gasteiger partial charge in [-0.3, -0.25) is 4.79 Å². The minimum atomic E-state index is -0.414. The van der Waals surface area contributed by atoms with Crippen LogP contribution in [0.25, 0.3) is 0 Å². The van der Waals surface area contributed by atoms with Gasteiger partial charge in [0, 0.05) is 24.7 Å². The van der Waals surface area contributed by atoms with Crippen molar-refractivity contribution in [2.24, 2.45) is 0 Å². The highest BCUT2D eigenvalue weighted by Gasteiger charge is 2.24. The Kier molecular flexibility index (Phi) is 5.62. The number of ether oxygens (including phenoxy) is 1. The number of anilines is 1. The molecule has 0 fully saturated rings. The molecule has 1 aromatic carbocycles. The van der Waals surface area contributed by atoms with Crippen molar-refractivity contribution < 1.29 is 9.53 Å². The Morgan fingerprint density at radius 2 is 2.10 bits per heavy atom. The van der Waals surface area contributed by atoms with Crippen molar-refractivity contribution in [3.8, 4) is 0 Å². The molecular formula is C17H26N2O2. The molecule has 1 amide bonds. The average molecular weight is 290 g/mol. The molecule has 1 heterocycles. The summed E-state index contributed by atoms with van der Waals surface area (Å²) in [5, 5.41) is 6.40. The number of carbonyl (C=O) groups excluding carboxylic acids is 1. The van der Waals surface area contributed by atoms with E-state index in [4.69, 9.17) is 4.74 Å². The monoisotopic (exact) mass is 290 g/mol. The minimum absolute atomic E-state index is 0.0115. The maximum absolute atomic E-state index is 12.1. The van der Waals surface area contributed by atoms with E-state index in [1.54, 1.807) is 0 Å². The molecule has 1 aliphatic heterocycles. The van der Waals surface area contributed by atoms with Gasteiger partial charge in [-0.1, -0.05) is 32.0 Å². The first-order valence-corrected chi connectivity index (χ1v) is 7.91. The summed E-state index contributed by atoms with van der Waals surface area (Å²) in [4.78, 5) is 12.1. The van der Waals surface area contributed by atoms with Gasteiger partial charge in [0.15, 0.2) is 0 Å². The molecule has 2 N–H and O–H groups in total. The van der Waals surface area contributed by atoms with Crippen LogP contribution >= 0.6 is 0 Å². The molecule has 1 aliphatic rings. The number of nitrogens with one attached hydrogen (secondary N) is 2. The van der Waals surface area contributed by atoms with E-state index in [1.165, 1.54) is 11.3 Å². The molecule has 0 bridgehead atoms. The second-order valence-electron chi connectivity index (χ2n) is 5.66. The highest BCUT2D eigenvalue weighted by atomic mass is 16.5. The Morgan fingerprint density at radius 3 is 2.81 bits per heavy atom. The highest BCUT2D eigenvalue weighted by Crippen LogP contribution is 2.23. The normalized spacial score (nSPS) is 18.8. The Hall–Kier alpha value is -1.55. The van der Waals surface area contributed by atoms with Crippen LogP contribution in [0.2, 0.25) is 0 Å². The Labute approximate surface area is 127 Å². The summed E-state index contributed by atoms with van der Waals surface area (Å²) in [6.45, 7) is 6.75. The first kappa shape index (κ1) is 15.8. The molecule has 0 saturated carbocycles. The van der Waals surface area contributed by atoms with Crippen LogP contribution in [0.4, 0.5) is 5.69 Å². The van der Waals surface area contributed by atoms with E-state index in [9.17, 15) is 4.79 Å². The molecule has 21 heavy (non-hydrogen) atoms. The minimum Gasteiger partial charge on any atom is -0.382 e. The standard InChI is InChI=1S/C17H26N2O2/c1-4-14(5-2)19-17(20)12(3)21-15-10-13-8-6-7-9-16(13)18-11-15/h6-9,12,14-15,18H,4-5,10-11H2,1-3H3,(H,19,20). The van der Waals surface area contributed by atoms with Crippen LogP contribution in [0.15, 0.2) is 24.3 Å². The maximum Gasteiger partial charge on any atom is 0.249 e. The lowest BCUT2D eigenvalue weighted by Crippen LogP contribution is -2.44. The topological polar surface area (TPSA) is 50.4 Å². The molecule has 2 unspecified atom stereocenters. The maximum atomic E-state index is 12.1. The van der Waals surface area contributed by atoms with E-state index >= 15 is 0 Å². The fraction of sp³-hybridized carbons (Fsp3) is 0.588. The summed E-state index contributed by atoms with van der Waals surface area (Å²) in [5.74, 6) is -0.0115. The number of amides is 1. The van der Waals surface area contributed by atoms with Gasteiger partial charge in [-0.25, -0.2) is 0 Å². The van der Waals surface area contributed by atoms with Crippen LogP contribution < -0.4 is 10.6 Å². The summed E-state index contributed by atoms with van der Waals surface area (Å²) >= 11 is 0. The van der Waals surface area contributed by atoms with Crippen molar-refractivity contribution in [3.63, 3.8) is 0 Å². The van der Waals surface area contributed by atoms with Gasteiger partial charge < -0.3 is 15.4 Å². The van der Waals surface area contributed by atoms with Gasteiger partial charge >= 0.3 is 0 Å². The molecule has 2 rings (SSSR count). The SMILES string of the molecule is CCC(CC)NC(=O)C(C)OC1CNc2ccccc2C1. The number of benzene rings is 1. The lowest BCUT2D eigenvalue weighted by molar-refractivity contribution is -0.135. The van der Waals surface area contributed by atoms with Gasteiger partial charge in [0.05, 0.1) is 6.10 Å². The van der Waals surface area contributed by atoms with E-state index in [0.717, 1.165) is 25.8 Å².